The molecule has 1 aliphatic carbocycles. The number of nitrogens with zero attached hydrogens (tertiary/aromatic N) is 1. The smallest absolute Gasteiger partial charge is 0.338 e. The summed E-state index contributed by atoms with van der Waals surface area (Å²) in [6, 6.07) is 1.53. The summed E-state index contributed by atoms with van der Waals surface area (Å²) >= 11 is 1.33. The van der Waals surface area contributed by atoms with Gasteiger partial charge in [0.2, 0.25) is 5.91 Å². The Labute approximate surface area is 173 Å². The Hall–Kier alpha value is -1.80. The second-order valence-corrected chi connectivity index (χ2v) is 9.38. The molecule has 0 radical (unpaired) electrons. The molecule has 0 spiro atoms. The number of carboxylic acids is 1. The van der Waals surface area contributed by atoms with Crippen molar-refractivity contribution in [3.8, 4) is 11.8 Å². The minimum atomic E-state index is -1.00. The van der Waals surface area contributed by atoms with Crippen LogP contribution in [0.2, 0.25) is 0 Å². The second kappa shape index (κ2) is 10.1. The van der Waals surface area contributed by atoms with Crippen LogP contribution in [0.15, 0.2) is 6.07 Å². The maximum absolute atomic E-state index is 13.3. The van der Waals surface area contributed by atoms with Crippen LogP contribution in [0, 0.1) is 29.6 Å². The third-order valence-electron chi connectivity index (χ3n) is 5.44. The van der Waals surface area contributed by atoms with Gasteiger partial charge >= 0.3 is 5.97 Å². The van der Waals surface area contributed by atoms with Crippen molar-refractivity contribution in [2.45, 2.75) is 79.2 Å². The predicted octanol–water partition coefficient (Wildman–Crippen LogP) is 5.80. The highest BCUT2D eigenvalue weighted by Gasteiger charge is 2.33. The molecule has 1 aromatic heterocycles. The van der Waals surface area contributed by atoms with Crippen LogP contribution in [0.4, 0.5) is 5.00 Å². The summed E-state index contributed by atoms with van der Waals surface area (Å²) in [6.45, 7) is 10.3. The number of carboxylic acid groups (broad SMARTS) is 1. The van der Waals surface area contributed by atoms with Gasteiger partial charge in [0.15, 0.2) is 0 Å². The van der Waals surface area contributed by atoms with Crippen LogP contribution >= 0.6 is 11.3 Å². The molecule has 5 heteroatoms. The first-order chi connectivity index (χ1) is 13.2. The molecule has 1 aliphatic rings. The second-order valence-electron chi connectivity index (χ2n) is 8.35. The predicted molar refractivity (Wildman–Crippen MR) is 116 cm³/mol. The van der Waals surface area contributed by atoms with Gasteiger partial charge in [-0.15, -0.1) is 11.3 Å². The first-order valence-electron chi connectivity index (χ1n) is 10.5. The van der Waals surface area contributed by atoms with Crippen molar-refractivity contribution < 1.29 is 14.7 Å². The van der Waals surface area contributed by atoms with Crippen molar-refractivity contribution in [1.29, 1.82) is 0 Å². The van der Waals surface area contributed by atoms with Gasteiger partial charge in [0.25, 0.3) is 0 Å². The average Bonchev–Trinajstić information content (AvgIpc) is 3.04. The van der Waals surface area contributed by atoms with Crippen molar-refractivity contribution in [2.75, 3.05) is 4.90 Å². The van der Waals surface area contributed by atoms with Crippen LogP contribution in [0.25, 0.3) is 0 Å². The molecule has 0 aromatic carbocycles. The number of rotatable bonds is 6. The number of aromatic carboxylic acids is 1. The van der Waals surface area contributed by atoms with Crippen LogP contribution in [-0.2, 0) is 4.79 Å². The highest BCUT2D eigenvalue weighted by Crippen LogP contribution is 2.37. The summed E-state index contributed by atoms with van der Waals surface area (Å²) in [7, 11) is 0. The quantitative estimate of drug-likeness (QED) is 0.611. The lowest BCUT2D eigenvalue weighted by Crippen LogP contribution is -2.42. The van der Waals surface area contributed by atoms with Gasteiger partial charge < -0.3 is 10.0 Å². The number of amides is 1. The van der Waals surface area contributed by atoms with Crippen molar-refractivity contribution in [3.63, 3.8) is 0 Å². The van der Waals surface area contributed by atoms with Gasteiger partial charge in [0.1, 0.15) is 5.00 Å². The van der Waals surface area contributed by atoms with Gasteiger partial charge in [-0.3, -0.25) is 4.79 Å². The highest BCUT2D eigenvalue weighted by molar-refractivity contribution is 7.17. The fraction of sp³-hybridized carbons (Fsp3) is 0.652. The summed E-state index contributed by atoms with van der Waals surface area (Å²) < 4.78 is 0. The van der Waals surface area contributed by atoms with E-state index in [1.165, 1.54) is 11.3 Å². The Morgan fingerprint density at radius 1 is 1.25 bits per heavy atom. The molecule has 1 unspecified atom stereocenters. The van der Waals surface area contributed by atoms with E-state index < -0.39 is 5.97 Å². The first kappa shape index (κ1) is 22.5. The largest absolute Gasteiger partial charge is 0.478 e. The van der Waals surface area contributed by atoms with E-state index in [1.807, 2.05) is 13.8 Å². The number of hydrogen-bond acceptors (Lipinski definition) is 3. The van der Waals surface area contributed by atoms with E-state index in [-0.39, 0.29) is 29.3 Å². The molecule has 1 atom stereocenters. The van der Waals surface area contributed by atoms with Crippen LogP contribution < -0.4 is 4.90 Å². The van der Waals surface area contributed by atoms with Crippen molar-refractivity contribution in [1.82, 2.24) is 0 Å². The monoisotopic (exact) mass is 403 g/mol. The molecule has 1 amide bonds. The van der Waals surface area contributed by atoms with Gasteiger partial charge in [-0.05, 0) is 57.9 Å². The topological polar surface area (TPSA) is 57.6 Å². The lowest BCUT2D eigenvalue weighted by Gasteiger charge is -2.33. The maximum atomic E-state index is 13.3. The molecular formula is C23H33NO3S. The summed E-state index contributed by atoms with van der Waals surface area (Å²) in [5.41, 5.74) is 0.184. The molecule has 1 saturated carbocycles. The highest BCUT2D eigenvalue weighted by atomic mass is 32.1. The lowest BCUT2D eigenvalue weighted by molar-refractivity contribution is -0.123. The molecular weight excluding hydrogens is 370 g/mol. The van der Waals surface area contributed by atoms with Crippen molar-refractivity contribution in [2.24, 2.45) is 17.8 Å². The molecule has 2 rings (SSSR count). The fourth-order valence-corrected chi connectivity index (χ4v) is 4.92. The molecule has 1 fully saturated rings. The first-order valence-corrected chi connectivity index (χ1v) is 11.3. The average molecular weight is 404 g/mol. The van der Waals surface area contributed by atoms with E-state index in [0.29, 0.717) is 15.8 Å². The molecule has 0 bridgehead atoms. The van der Waals surface area contributed by atoms with E-state index >= 15 is 0 Å². The molecule has 1 N–H and O–H groups in total. The molecule has 154 valence electrons. The van der Waals surface area contributed by atoms with E-state index in [0.717, 1.165) is 38.5 Å². The van der Waals surface area contributed by atoms with E-state index in [4.69, 9.17) is 0 Å². The Balaban J connectivity index is 2.34. The van der Waals surface area contributed by atoms with Crippen molar-refractivity contribution >= 4 is 28.2 Å². The SMILES string of the molecule is CCCC(C)C#Cc1cc(C(=O)O)c(N(C(=O)C2CCC(C)CC2)C(C)C)s1. The van der Waals surface area contributed by atoms with Gasteiger partial charge in [-0.2, -0.15) is 0 Å². The molecule has 28 heavy (non-hydrogen) atoms. The fourth-order valence-electron chi connectivity index (χ4n) is 3.77. The van der Waals surface area contributed by atoms with Gasteiger partial charge in [-0.1, -0.05) is 39.0 Å². The van der Waals surface area contributed by atoms with Crippen molar-refractivity contribution in [3.05, 3.63) is 16.5 Å². The third-order valence-corrected chi connectivity index (χ3v) is 6.49. The van der Waals surface area contributed by atoms with Crippen LogP contribution in [-0.4, -0.2) is 23.0 Å². The Bertz CT molecular complexity index is 748. The van der Waals surface area contributed by atoms with E-state index in [2.05, 4.69) is 32.6 Å². The standard InChI is InChI=1S/C23H33NO3S/c1-6-7-16(4)10-13-19-14-20(23(26)27)22(28-19)24(15(2)3)21(25)18-11-8-17(5)9-12-18/h14-18H,6-9,11-12H2,1-5H3,(H,26,27). The van der Waals surface area contributed by atoms with Crippen LogP contribution in [0.3, 0.4) is 0 Å². The summed E-state index contributed by atoms with van der Waals surface area (Å²) in [4.78, 5) is 27.6. The maximum Gasteiger partial charge on any atom is 0.338 e. The Morgan fingerprint density at radius 2 is 1.89 bits per heavy atom. The van der Waals surface area contributed by atoms with Gasteiger partial charge in [0, 0.05) is 17.9 Å². The number of hydrogen-bond donors (Lipinski definition) is 1. The number of carbonyl (C=O) groups is 2. The lowest BCUT2D eigenvalue weighted by atomic mass is 9.82. The Kier molecular flexibility index (Phi) is 8.12. The number of carbonyl (C=O) groups excluding carboxylic acids is 1. The molecule has 4 nitrogen and oxygen atoms in total. The molecule has 1 heterocycles. The normalized spacial score (nSPS) is 20.4. The summed E-state index contributed by atoms with van der Waals surface area (Å²) in [5.74, 6) is 6.32. The zero-order chi connectivity index (χ0) is 20.8. The third kappa shape index (κ3) is 5.61. The summed E-state index contributed by atoms with van der Waals surface area (Å²) in [6.07, 6.45) is 5.99. The minimum Gasteiger partial charge on any atom is -0.478 e. The molecule has 1 aromatic rings. The van der Waals surface area contributed by atoms with Gasteiger partial charge in [0.05, 0.1) is 10.4 Å². The van der Waals surface area contributed by atoms with Crippen LogP contribution in [0.5, 0.6) is 0 Å². The van der Waals surface area contributed by atoms with Crippen LogP contribution in [0.1, 0.15) is 88.4 Å². The Morgan fingerprint density at radius 3 is 2.43 bits per heavy atom. The zero-order valence-electron chi connectivity index (χ0n) is 17.7. The number of thiophene rings is 1. The van der Waals surface area contributed by atoms with E-state index in [9.17, 15) is 14.7 Å². The molecule has 0 aliphatic heterocycles. The zero-order valence-corrected chi connectivity index (χ0v) is 18.6. The summed E-state index contributed by atoms with van der Waals surface area (Å²) in [5, 5.41) is 10.2. The van der Waals surface area contributed by atoms with Gasteiger partial charge in [-0.25, -0.2) is 4.79 Å². The number of anilines is 1. The minimum absolute atomic E-state index is 0.0125. The molecule has 0 saturated heterocycles. The van der Waals surface area contributed by atoms with E-state index in [1.54, 1.807) is 11.0 Å².